The Kier molecular flexibility index (Phi) is 4.46. The summed E-state index contributed by atoms with van der Waals surface area (Å²) < 4.78 is 25.5. The van der Waals surface area contributed by atoms with Gasteiger partial charge in [-0.15, -0.1) is 11.3 Å². The molecule has 3 nitrogen and oxygen atoms in total. The first kappa shape index (κ1) is 15.4. The average Bonchev–Trinajstić information content (AvgIpc) is 2.78. The summed E-state index contributed by atoms with van der Waals surface area (Å²) in [6.45, 7) is 3.56. The fraction of sp³-hybridized carbons (Fsp3) is 0.214. The van der Waals surface area contributed by atoms with Gasteiger partial charge >= 0.3 is 0 Å². The highest BCUT2D eigenvalue weighted by Gasteiger charge is 2.23. The summed E-state index contributed by atoms with van der Waals surface area (Å²) in [6, 6.07) is 8.60. The number of hydrogen-bond donors (Lipinski definition) is 0. The van der Waals surface area contributed by atoms with Crippen molar-refractivity contribution in [1.82, 2.24) is 0 Å². The lowest BCUT2D eigenvalue weighted by Gasteiger charge is -2.07. The lowest BCUT2D eigenvalue weighted by molar-refractivity contribution is 0.102. The molecule has 6 heteroatoms. The number of thiophene rings is 1. The molecule has 0 saturated heterocycles. The van der Waals surface area contributed by atoms with Crippen molar-refractivity contribution in [2.24, 2.45) is 0 Å². The van der Waals surface area contributed by atoms with E-state index < -0.39 is 15.6 Å². The quantitative estimate of drug-likeness (QED) is 0.767. The van der Waals surface area contributed by atoms with Crippen LogP contribution in [0.5, 0.6) is 0 Å². The SMILES string of the molecule is Cc1ccc(C)c(S(=O)(=O)CC(=O)c2ccc(Br)s2)c1. The van der Waals surface area contributed by atoms with E-state index in [-0.39, 0.29) is 10.7 Å². The Hall–Kier alpha value is -0.980. The second-order valence-electron chi connectivity index (χ2n) is 4.55. The van der Waals surface area contributed by atoms with Gasteiger partial charge in [-0.1, -0.05) is 12.1 Å². The highest BCUT2D eigenvalue weighted by molar-refractivity contribution is 9.11. The lowest BCUT2D eigenvalue weighted by atomic mass is 10.2. The van der Waals surface area contributed by atoms with E-state index in [1.54, 1.807) is 31.2 Å². The van der Waals surface area contributed by atoms with Gasteiger partial charge < -0.3 is 0 Å². The maximum atomic E-state index is 12.4. The van der Waals surface area contributed by atoms with E-state index in [0.717, 1.165) is 9.35 Å². The Bertz CT molecular complexity index is 760. The minimum Gasteiger partial charge on any atom is -0.292 e. The van der Waals surface area contributed by atoms with E-state index in [1.165, 1.54) is 11.3 Å². The first-order chi connectivity index (χ1) is 9.29. The van der Waals surface area contributed by atoms with Crippen molar-refractivity contribution in [2.75, 3.05) is 5.75 Å². The molecule has 0 N–H and O–H groups in total. The first-order valence-electron chi connectivity index (χ1n) is 5.88. The van der Waals surface area contributed by atoms with Crippen LogP contribution in [-0.2, 0) is 9.84 Å². The van der Waals surface area contributed by atoms with Crippen LogP contribution in [0, 0.1) is 13.8 Å². The van der Waals surface area contributed by atoms with Crippen LogP contribution in [0.1, 0.15) is 20.8 Å². The maximum absolute atomic E-state index is 12.4. The average molecular weight is 373 g/mol. The van der Waals surface area contributed by atoms with Crippen LogP contribution in [0.15, 0.2) is 39.0 Å². The largest absolute Gasteiger partial charge is 0.292 e. The van der Waals surface area contributed by atoms with Gasteiger partial charge in [0.2, 0.25) is 0 Å². The molecule has 0 bridgehead atoms. The van der Waals surface area contributed by atoms with Gasteiger partial charge in [0.25, 0.3) is 0 Å². The van der Waals surface area contributed by atoms with Gasteiger partial charge in [-0.25, -0.2) is 8.42 Å². The van der Waals surface area contributed by atoms with Crippen LogP contribution in [0.2, 0.25) is 0 Å². The number of rotatable bonds is 4. The first-order valence-corrected chi connectivity index (χ1v) is 9.14. The van der Waals surface area contributed by atoms with Gasteiger partial charge in [0, 0.05) is 0 Å². The molecule has 0 aliphatic carbocycles. The molecule has 1 heterocycles. The van der Waals surface area contributed by atoms with E-state index >= 15 is 0 Å². The predicted octanol–water partition coefficient (Wildman–Crippen LogP) is 3.78. The summed E-state index contributed by atoms with van der Waals surface area (Å²) in [5.41, 5.74) is 1.52. The van der Waals surface area contributed by atoms with Crippen LogP contribution >= 0.6 is 27.3 Å². The number of sulfone groups is 1. The third-order valence-electron chi connectivity index (χ3n) is 2.85. The van der Waals surface area contributed by atoms with Crippen molar-refractivity contribution in [1.29, 1.82) is 0 Å². The maximum Gasteiger partial charge on any atom is 0.188 e. The Morgan fingerprint density at radius 1 is 1.20 bits per heavy atom. The van der Waals surface area contributed by atoms with Crippen LogP contribution in [0.25, 0.3) is 0 Å². The Morgan fingerprint density at radius 2 is 1.90 bits per heavy atom. The van der Waals surface area contributed by atoms with Crippen LogP contribution in [0.3, 0.4) is 0 Å². The number of benzene rings is 1. The standard InChI is InChI=1S/C14H13BrO3S2/c1-9-3-4-10(2)13(7-9)20(17,18)8-11(16)12-5-6-14(15)19-12/h3-7H,8H2,1-2H3. The van der Waals surface area contributed by atoms with E-state index in [2.05, 4.69) is 15.9 Å². The minimum absolute atomic E-state index is 0.237. The number of aryl methyl sites for hydroxylation is 2. The number of carbonyl (C=O) groups is 1. The van der Waals surface area contributed by atoms with Crippen molar-refractivity contribution in [3.63, 3.8) is 0 Å². The summed E-state index contributed by atoms with van der Waals surface area (Å²) >= 11 is 4.50. The zero-order chi connectivity index (χ0) is 14.9. The minimum atomic E-state index is -3.61. The Balaban J connectivity index is 2.32. The van der Waals surface area contributed by atoms with Gasteiger partial charge in [0.05, 0.1) is 13.6 Å². The van der Waals surface area contributed by atoms with Crippen LogP contribution in [0.4, 0.5) is 0 Å². The number of hydrogen-bond acceptors (Lipinski definition) is 4. The summed E-state index contributed by atoms with van der Waals surface area (Å²) in [6.07, 6.45) is 0. The van der Waals surface area contributed by atoms with Gasteiger partial charge in [-0.05, 0) is 59.1 Å². The Morgan fingerprint density at radius 3 is 2.50 bits per heavy atom. The predicted molar refractivity (Wildman–Crippen MR) is 84.3 cm³/mol. The zero-order valence-corrected chi connectivity index (χ0v) is 14.2. The van der Waals surface area contributed by atoms with Gasteiger partial charge in [-0.2, -0.15) is 0 Å². The number of Topliss-reactive ketones (excluding diaryl/α,β-unsaturated/α-hetero) is 1. The molecule has 0 unspecified atom stereocenters. The van der Waals surface area contributed by atoms with Gasteiger partial charge in [0.1, 0.15) is 5.75 Å². The Labute approximate surface area is 130 Å². The summed E-state index contributed by atoms with van der Waals surface area (Å²) in [5, 5.41) is 0. The molecular weight excluding hydrogens is 360 g/mol. The molecule has 0 spiro atoms. The summed E-state index contributed by atoms with van der Waals surface area (Å²) in [4.78, 5) is 12.7. The molecule has 0 atom stereocenters. The third kappa shape index (κ3) is 3.37. The van der Waals surface area contributed by atoms with Crippen LogP contribution < -0.4 is 0 Å². The molecular formula is C14H13BrO3S2. The molecule has 1 aromatic heterocycles. The smallest absolute Gasteiger partial charge is 0.188 e. The summed E-state index contributed by atoms with van der Waals surface area (Å²) in [7, 11) is -3.61. The van der Waals surface area contributed by atoms with Crippen molar-refractivity contribution in [3.05, 3.63) is 50.1 Å². The molecule has 1 aromatic carbocycles. The molecule has 0 saturated carbocycles. The van der Waals surface area contributed by atoms with Crippen molar-refractivity contribution >= 4 is 42.9 Å². The molecule has 2 aromatic rings. The highest BCUT2D eigenvalue weighted by atomic mass is 79.9. The second kappa shape index (κ2) is 5.79. The summed E-state index contributed by atoms with van der Waals surface area (Å²) in [5.74, 6) is -0.869. The number of carbonyl (C=O) groups excluding carboxylic acids is 1. The molecule has 0 fully saturated rings. The fourth-order valence-corrected chi connectivity index (χ4v) is 4.82. The fourth-order valence-electron chi connectivity index (χ4n) is 1.83. The topological polar surface area (TPSA) is 51.2 Å². The van der Waals surface area contributed by atoms with E-state index in [9.17, 15) is 13.2 Å². The number of halogens is 1. The van der Waals surface area contributed by atoms with Crippen molar-refractivity contribution in [2.45, 2.75) is 18.7 Å². The van der Waals surface area contributed by atoms with E-state index in [4.69, 9.17) is 0 Å². The highest BCUT2D eigenvalue weighted by Crippen LogP contribution is 2.24. The molecule has 0 aliphatic rings. The van der Waals surface area contributed by atoms with E-state index in [1.807, 2.05) is 13.0 Å². The second-order valence-corrected chi connectivity index (χ2v) is 8.98. The normalized spacial score (nSPS) is 11.6. The molecule has 0 amide bonds. The van der Waals surface area contributed by atoms with Crippen molar-refractivity contribution < 1.29 is 13.2 Å². The third-order valence-corrected chi connectivity index (χ3v) is 6.26. The van der Waals surface area contributed by atoms with Crippen LogP contribution in [-0.4, -0.2) is 20.0 Å². The van der Waals surface area contributed by atoms with Crippen molar-refractivity contribution in [3.8, 4) is 0 Å². The zero-order valence-electron chi connectivity index (χ0n) is 11.0. The molecule has 20 heavy (non-hydrogen) atoms. The molecule has 2 rings (SSSR count). The van der Waals surface area contributed by atoms with Gasteiger partial charge in [0.15, 0.2) is 15.6 Å². The molecule has 106 valence electrons. The molecule has 0 radical (unpaired) electrons. The van der Waals surface area contributed by atoms with Gasteiger partial charge in [-0.3, -0.25) is 4.79 Å². The van der Waals surface area contributed by atoms with E-state index in [0.29, 0.717) is 10.4 Å². The molecule has 0 aliphatic heterocycles. The lowest BCUT2D eigenvalue weighted by Crippen LogP contribution is -2.16. The number of ketones is 1. The monoisotopic (exact) mass is 372 g/mol.